The van der Waals surface area contributed by atoms with Crippen LogP contribution in [-0.4, -0.2) is 16.5 Å². The number of hydrogen-bond acceptors (Lipinski definition) is 3. The molecule has 0 atom stereocenters. The lowest BCUT2D eigenvalue weighted by molar-refractivity contribution is 1.10. The van der Waals surface area contributed by atoms with Crippen LogP contribution in [-0.2, 0) is 0 Å². The van der Waals surface area contributed by atoms with Crippen LogP contribution in [0.3, 0.4) is 0 Å². The van der Waals surface area contributed by atoms with Gasteiger partial charge in [-0.05, 0) is 12.5 Å². The van der Waals surface area contributed by atoms with E-state index in [1.807, 2.05) is 6.92 Å². The summed E-state index contributed by atoms with van der Waals surface area (Å²) >= 11 is 0. The van der Waals surface area contributed by atoms with Crippen LogP contribution in [0.1, 0.15) is 5.56 Å². The van der Waals surface area contributed by atoms with Gasteiger partial charge in [0.2, 0.25) is 5.95 Å². The molecule has 0 amide bonds. The molecule has 3 heteroatoms. The molecule has 0 bridgehead atoms. The molecule has 0 aliphatic rings. The smallest absolute Gasteiger partial charge is 0.223 e. The summed E-state index contributed by atoms with van der Waals surface area (Å²) in [6.45, 7) is 2.40. The maximum atomic E-state index is 5.04. The molecule has 1 N–H and O–H groups in total. The van der Waals surface area contributed by atoms with Gasteiger partial charge in [-0.25, -0.2) is 9.97 Å². The van der Waals surface area contributed by atoms with Crippen LogP contribution in [0.5, 0.6) is 0 Å². The number of hydrogen-bond donors (Lipinski definition) is 1. The van der Waals surface area contributed by atoms with Gasteiger partial charge in [-0.2, -0.15) is 0 Å². The van der Waals surface area contributed by atoms with Crippen molar-refractivity contribution in [1.29, 1.82) is 0 Å². The first-order valence-corrected chi connectivity index (χ1v) is 3.29. The van der Waals surface area contributed by atoms with Crippen molar-refractivity contribution in [3.8, 4) is 12.3 Å². The Kier molecular flexibility index (Phi) is 2.45. The average molecular weight is 147 g/mol. The van der Waals surface area contributed by atoms with Crippen molar-refractivity contribution in [2.75, 3.05) is 11.9 Å². The number of aryl methyl sites for hydroxylation is 1. The Labute approximate surface area is 65.9 Å². The molecular formula is C8H9N3. The standard InChI is InChI=1S/C8H9N3/c1-3-4-9-8-10-5-7(2)6-11-8/h1,5-6H,4H2,2H3,(H,9,10,11). The highest BCUT2D eigenvalue weighted by Crippen LogP contribution is 1.96. The lowest BCUT2D eigenvalue weighted by Gasteiger charge is -1.98. The van der Waals surface area contributed by atoms with E-state index < -0.39 is 0 Å². The van der Waals surface area contributed by atoms with Crippen LogP contribution in [0.25, 0.3) is 0 Å². The fraction of sp³-hybridized carbons (Fsp3) is 0.250. The topological polar surface area (TPSA) is 37.8 Å². The Morgan fingerprint density at radius 3 is 2.73 bits per heavy atom. The molecule has 3 nitrogen and oxygen atoms in total. The van der Waals surface area contributed by atoms with Gasteiger partial charge >= 0.3 is 0 Å². The van der Waals surface area contributed by atoms with E-state index in [1.54, 1.807) is 12.4 Å². The highest BCUT2D eigenvalue weighted by atomic mass is 15.1. The van der Waals surface area contributed by atoms with Gasteiger partial charge in [-0.3, -0.25) is 0 Å². The molecule has 0 aliphatic carbocycles. The Morgan fingerprint density at radius 2 is 2.18 bits per heavy atom. The molecule has 0 spiro atoms. The number of nitrogens with zero attached hydrogens (tertiary/aromatic N) is 2. The van der Waals surface area contributed by atoms with Crippen LogP contribution in [0, 0.1) is 19.3 Å². The molecule has 0 fully saturated rings. The first-order valence-electron chi connectivity index (χ1n) is 3.29. The van der Waals surface area contributed by atoms with Crippen LogP contribution in [0.15, 0.2) is 12.4 Å². The Bertz CT molecular complexity index is 258. The van der Waals surface area contributed by atoms with E-state index in [4.69, 9.17) is 6.42 Å². The number of nitrogens with one attached hydrogen (secondary N) is 1. The van der Waals surface area contributed by atoms with E-state index in [-0.39, 0.29) is 0 Å². The zero-order valence-electron chi connectivity index (χ0n) is 6.33. The number of rotatable bonds is 2. The second kappa shape index (κ2) is 3.57. The fourth-order valence-electron chi connectivity index (χ4n) is 0.614. The van der Waals surface area contributed by atoms with Gasteiger partial charge in [0.15, 0.2) is 0 Å². The Balaban J connectivity index is 2.60. The van der Waals surface area contributed by atoms with Crippen molar-refractivity contribution in [3.05, 3.63) is 18.0 Å². The van der Waals surface area contributed by atoms with E-state index in [9.17, 15) is 0 Å². The first-order chi connectivity index (χ1) is 5.33. The molecular weight excluding hydrogens is 138 g/mol. The zero-order valence-corrected chi connectivity index (χ0v) is 6.33. The van der Waals surface area contributed by atoms with Crippen molar-refractivity contribution in [2.45, 2.75) is 6.92 Å². The van der Waals surface area contributed by atoms with E-state index in [0.29, 0.717) is 12.5 Å². The summed E-state index contributed by atoms with van der Waals surface area (Å²) in [7, 11) is 0. The molecule has 0 saturated heterocycles. The minimum Gasteiger partial charge on any atom is -0.343 e. The van der Waals surface area contributed by atoms with Crippen molar-refractivity contribution in [3.63, 3.8) is 0 Å². The highest BCUT2D eigenvalue weighted by molar-refractivity contribution is 5.26. The predicted octanol–water partition coefficient (Wildman–Crippen LogP) is 0.830. The average Bonchev–Trinajstić information content (AvgIpc) is 2.04. The molecule has 1 aromatic heterocycles. The summed E-state index contributed by atoms with van der Waals surface area (Å²) in [5.74, 6) is 3.02. The van der Waals surface area contributed by atoms with Gasteiger partial charge in [-0.15, -0.1) is 6.42 Å². The van der Waals surface area contributed by atoms with E-state index in [0.717, 1.165) is 5.56 Å². The van der Waals surface area contributed by atoms with Gasteiger partial charge in [0.05, 0.1) is 6.54 Å². The van der Waals surface area contributed by atoms with Gasteiger partial charge in [0.1, 0.15) is 0 Å². The van der Waals surface area contributed by atoms with Crippen LogP contribution >= 0.6 is 0 Å². The minimum absolute atomic E-state index is 0.461. The zero-order chi connectivity index (χ0) is 8.10. The highest BCUT2D eigenvalue weighted by Gasteiger charge is 1.90. The van der Waals surface area contributed by atoms with Crippen LogP contribution < -0.4 is 5.32 Å². The Hall–Kier alpha value is -1.56. The third-order valence-corrected chi connectivity index (χ3v) is 1.13. The van der Waals surface area contributed by atoms with Crippen LogP contribution in [0.2, 0.25) is 0 Å². The second-order valence-corrected chi connectivity index (χ2v) is 2.14. The molecule has 0 unspecified atom stereocenters. The summed E-state index contributed by atoms with van der Waals surface area (Å²) in [4.78, 5) is 8.00. The SMILES string of the molecule is C#CCNc1ncc(C)cn1. The van der Waals surface area contributed by atoms with Crippen LogP contribution in [0.4, 0.5) is 5.95 Å². The fourth-order valence-corrected chi connectivity index (χ4v) is 0.614. The van der Waals surface area contributed by atoms with E-state index >= 15 is 0 Å². The third kappa shape index (κ3) is 2.26. The van der Waals surface area contributed by atoms with Crippen molar-refractivity contribution in [2.24, 2.45) is 0 Å². The molecule has 0 radical (unpaired) electrons. The normalized spacial score (nSPS) is 8.73. The second-order valence-electron chi connectivity index (χ2n) is 2.14. The number of anilines is 1. The summed E-state index contributed by atoms with van der Waals surface area (Å²) in [5, 5.41) is 2.86. The molecule has 1 aromatic rings. The van der Waals surface area contributed by atoms with Crippen molar-refractivity contribution >= 4 is 5.95 Å². The van der Waals surface area contributed by atoms with Crippen molar-refractivity contribution < 1.29 is 0 Å². The van der Waals surface area contributed by atoms with Gasteiger partial charge in [0.25, 0.3) is 0 Å². The predicted molar refractivity (Wildman–Crippen MR) is 44.1 cm³/mol. The maximum absolute atomic E-state index is 5.04. The molecule has 0 aromatic carbocycles. The summed E-state index contributed by atoms with van der Waals surface area (Å²) in [5.41, 5.74) is 1.04. The van der Waals surface area contributed by atoms with Gasteiger partial charge < -0.3 is 5.32 Å². The van der Waals surface area contributed by atoms with Gasteiger partial charge in [-0.1, -0.05) is 5.92 Å². The minimum atomic E-state index is 0.461. The summed E-state index contributed by atoms with van der Waals surface area (Å²) < 4.78 is 0. The monoisotopic (exact) mass is 147 g/mol. The number of aromatic nitrogens is 2. The van der Waals surface area contributed by atoms with E-state index in [1.165, 1.54) is 0 Å². The summed E-state index contributed by atoms with van der Waals surface area (Å²) in [6.07, 6.45) is 8.52. The molecule has 0 aliphatic heterocycles. The lowest BCUT2D eigenvalue weighted by Crippen LogP contribution is -2.02. The van der Waals surface area contributed by atoms with Gasteiger partial charge in [0, 0.05) is 12.4 Å². The molecule has 11 heavy (non-hydrogen) atoms. The van der Waals surface area contributed by atoms with Crippen molar-refractivity contribution in [1.82, 2.24) is 9.97 Å². The molecule has 56 valence electrons. The largest absolute Gasteiger partial charge is 0.343 e. The molecule has 1 heterocycles. The maximum Gasteiger partial charge on any atom is 0.223 e. The molecule has 1 rings (SSSR count). The third-order valence-electron chi connectivity index (χ3n) is 1.13. The first kappa shape index (κ1) is 7.55. The molecule has 0 saturated carbocycles. The summed E-state index contributed by atoms with van der Waals surface area (Å²) in [6, 6.07) is 0. The number of terminal acetylenes is 1. The Morgan fingerprint density at radius 1 is 1.55 bits per heavy atom. The van der Waals surface area contributed by atoms with E-state index in [2.05, 4.69) is 21.2 Å². The lowest BCUT2D eigenvalue weighted by atomic mass is 10.4. The quantitative estimate of drug-likeness (QED) is 0.629.